The Bertz CT molecular complexity index is 483. The molecular formula is C16H25NO4. The Morgan fingerprint density at radius 1 is 1.29 bits per heavy atom. The van der Waals surface area contributed by atoms with Crippen molar-refractivity contribution in [3.05, 3.63) is 23.8 Å². The summed E-state index contributed by atoms with van der Waals surface area (Å²) in [6.45, 7) is 5.71. The average Bonchev–Trinajstić information content (AvgIpc) is 2.43. The van der Waals surface area contributed by atoms with Gasteiger partial charge in [0.15, 0.2) is 11.5 Å². The highest BCUT2D eigenvalue weighted by molar-refractivity contribution is 5.75. The van der Waals surface area contributed by atoms with Crippen molar-refractivity contribution in [1.82, 2.24) is 0 Å². The minimum atomic E-state index is -0.725. The second-order valence-corrected chi connectivity index (χ2v) is 5.83. The lowest BCUT2D eigenvalue weighted by atomic mass is 9.95. The molecular weight excluding hydrogens is 270 g/mol. The normalized spacial score (nSPS) is 12.7. The first-order valence-corrected chi connectivity index (χ1v) is 6.94. The van der Waals surface area contributed by atoms with E-state index in [4.69, 9.17) is 19.9 Å². The summed E-state index contributed by atoms with van der Waals surface area (Å²) >= 11 is 0. The number of ether oxygens (including phenoxy) is 3. The van der Waals surface area contributed by atoms with Crippen LogP contribution in [0, 0.1) is 5.41 Å². The zero-order valence-corrected chi connectivity index (χ0v) is 13.4. The zero-order chi connectivity index (χ0) is 16.0. The molecule has 0 fully saturated rings. The molecule has 1 aromatic carbocycles. The molecule has 0 saturated heterocycles. The monoisotopic (exact) mass is 295 g/mol. The van der Waals surface area contributed by atoms with Crippen LogP contribution < -0.4 is 15.2 Å². The third-order valence-electron chi connectivity index (χ3n) is 3.11. The molecule has 0 heterocycles. The maximum atomic E-state index is 11.7. The van der Waals surface area contributed by atoms with Crippen molar-refractivity contribution in [3.63, 3.8) is 0 Å². The maximum Gasteiger partial charge on any atom is 0.314 e. The van der Waals surface area contributed by atoms with Gasteiger partial charge in [0.05, 0.1) is 19.6 Å². The van der Waals surface area contributed by atoms with E-state index in [1.54, 1.807) is 21.0 Å². The van der Waals surface area contributed by atoms with Gasteiger partial charge in [0, 0.05) is 6.04 Å². The number of rotatable bonds is 7. The fraction of sp³-hybridized carbons (Fsp3) is 0.562. The Labute approximate surface area is 126 Å². The first-order valence-electron chi connectivity index (χ1n) is 6.94. The molecule has 0 aliphatic heterocycles. The van der Waals surface area contributed by atoms with Gasteiger partial charge in [-0.15, -0.1) is 0 Å². The second kappa shape index (κ2) is 7.31. The van der Waals surface area contributed by atoms with Crippen LogP contribution in [0.15, 0.2) is 18.2 Å². The van der Waals surface area contributed by atoms with Crippen LogP contribution in [0.5, 0.6) is 11.5 Å². The van der Waals surface area contributed by atoms with Crippen molar-refractivity contribution in [3.8, 4) is 11.5 Å². The van der Waals surface area contributed by atoms with E-state index in [0.29, 0.717) is 11.5 Å². The molecule has 1 unspecified atom stereocenters. The summed E-state index contributed by atoms with van der Waals surface area (Å²) in [6, 6.07) is 5.77. The Morgan fingerprint density at radius 3 is 2.48 bits per heavy atom. The minimum Gasteiger partial charge on any atom is -0.493 e. The van der Waals surface area contributed by atoms with Crippen LogP contribution >= 0.6 is 0 Å². The van der Waals surface area contributed by atoms with Crippen molar-refractivity contribution in [1.29, 1.82) is 0 Å². The average molecular weight is 295 g/mol. The lowest BCUT2D eigenvalue weighted by Gasteiger charge is -2.22. The van der Waals surface area contributed by atoms with Crippen LogP contribution in [-0.2, 0) is 16.0 Å². The molecule has 0 aliphatic carbocycles. The van der Waals surface area contributed by atoms with E-state index in [0.717, 1.165) is 12.0 Å². The maximum absolute atomic E-state index is 11.7. The van der Waals surface area contributed by atoms with E-state index >= 15 is 0 Å². The number of hydrogen-bond donors (Lipinski definition) is 1. The minimum absolute atomic E-state index is 0.0674. The third-order valence-corrected chi connectivity index (χ3v) is 3.11. The summed E-state index contributed by atoms with van der Waals surface area (Å²) in [4.78, 5) is 11.7. The summed E-state index contributed by atoms with van der Waals surface area (Å²) < 4.78 is 15.8. The van der Waals surface area contributed by atoms with Crippen molar-refractivity contribution >= 4 is 5.97 Å². The topological polar surface area (TPSA) is 70.8 Å². The Kier molecular flexibility index (Phi) is 6.03. The molecule has 118 valence electrons. The van der Waals surface area contributed by atoms with E-state index in [1.807, 2.05) is 25.1 Å². The third kappa shape index (κ3) is 4.93. The molecule has 2 N–H and O–H groups in total. The predicted octanol–water partition coefficient (Wildman–Crippen LogP) is 2.16. The van der Waals surface area contributed by atoms with Gasteiger partial charge < -0.3 is 19.9 Å². The highest BCUT2D eigenvalue weighted by Gasteiger charge is 2.30. The van der Waals surface area contributed by atoms with Gasteiger partial charge in [-0.25, -0.2) is 0 Å². The summed E-state index contributed by atoms with van der Waals surface area (Å²) in [5.41, 5.74) is 6.15. The number of hydrogen-bond acceptors (Lipinski definition) is 5. The number of methoxy groups -OCH3 is 2. The first-order chi connectivity index (χ1) is 9.80. The van der Waals surface area contributed by atoms with Crippen LogP contribution in [0.1, 0.15) is 26.3 Å². The number of benzene rings is 1. The molecule has 5 heteroatoms. The molecule has 1 rings (SSSR count). The van der Waals surface area contributed by atoms with Gasteiger partial charge in [-0.2, -0.15) is 0 Å². The first kappa shape index (κ1) is 17.3. The summed E-state index contributed by atoms with van der Waals surface area (Å²) in [7, 11) is 2.95. The number of carbonyl (C=O) groups is 1. The zero-order valence-electron chi connectivity index (χ0n) is 13.4. The highest BCUT2D eigenvalue weighted by atomic mass is 16.5. The highest BCUT2D eigenvalue weighted by Crippen LogP contribution is 2.30. The Morgan fingerprint density at radius 2 is 1.95 bits per heavy atom. The van der Waals surface area contributed by atoms with Crippen LogP contribution in [0.4, 0.5) is 0 Å². The fourth-order valence-electron chi connectivity index (χ4n) is 1.93. The van der Waals surface area contributed by atoms with Gasteiger partial charge in [0.25, 0.3) is 0 Å². The SMILES string of the molecule is COC(=O)C(C)(C)COc1cc(CC(C)N)ccc1OC. The molecule has 0 aliphatic rings. The molecule has 1 atom stereocenters. The Hall–Kier alpha value is -1.75. The standard InChI is InChI=1S/C16H25NO4/c1-11(17)8-12-6-7-13(19-4)14(9-12)21-10-16(2,3)15(18)20-5/h6-7,9,11H,8,10,17H2,1-5H3. The van der Waals surface area contributed by atoms with Crippen molar-refractivity contribution < 1.29 is 19.0 Å². The number of esters is 1. The van der Waals surface area contributed by atoms with E-state index in [9.17, 15) is 4.79 Å². The van der Waals surface area contributed by atoms with E-state index in [1.165, 1.54) is 7.11 Å². The Balaban J connectivity index is 2.87. The molecule has 0 radical (unpaired) electrons. The van der Waals surface area contributed by atoms with Gasteiger partial charge in [-0.1, -0.05) is 6.07 Å². The van der Waals surface area contributed by atoms with E-state index in [2.05, 4.69) is 0 Å². The molecule has 0 aromatic heterocycles. The largest absolute Gasteiger partial charge is 0.493 e. The van der Waals surface area contributed by atoms with Crippen LogP contribution in [-0.4, -0.2) is 32.8 Å². The van der Waals surface area contributed by atoms with Gasteiger partial charge in [-0.05, 0) is 44.9 Å². The van der Waals surface area contributed by atoms with E-state index < -0.39 is 5.41 Å². The summed E-state index contributed by atoms with van der Waals surface area (Å²) in [5.74, 6) is 0.921. The number of carbonyl (C=O) groups excluding carboxylic acids is 1. The summed E-state index contributed by atoms with van der Waals surface area (Å²) in [6.07, 6.45) is 0.751. The van der Waals surface area contributed by atoms with Gasteiger partial charge in [0.1, 0.15) is 6.61 Å². The van der Waals surface area contributed by atoms with Crippen LogP contribution in [0.3, 0.4) is 0 Å². The summed E-state index contributed by atoms with van der Waals surface area (Å²) in [5, 5.41) is 0. The molecule has 0 saturated carbocycles. The molecule has 1 aromatic rings. The molecule has 5 nitrogen and oxygen atoms in total. The molecule has 21 heavy (non-hydrogen) atoms. The van der Waals surface area contributed by atoms with Gasteiger partial charge in [0.2, 0.25) is 0 Å². The smallest absolute Gasteiger partial charge is 0.314 e. The quantitative estimate of drug-likeness (QED) is 0.781. The van der Waals surface area contributed by atoms with Crippen LogP contribution in [0.2, 0.25) is 0 Å². The van der Waals surface area contributed by atoms with Gasteiger partial charge >= 0.3 is 5.97 Å². The lowest BCUT2D eigenvalue weighted by Crippen LogP contribution is -2.32. The second-order valence-electron chi connectivity index (χ2n) is 5.83. The fourth-order valence-corrected chi connectivity index (χ4v) is 1.93. The molecule has 0 spiro atoms. The number of nitrogens with two attached hydrogens (primary N) is 1. The predicted molar refractivity (Wildman–Crippen MR) is 81.6 cm³/mol. The van der Waals surface area contributed by atoms with Crippen LogP contribution in [0.25, 0.3) is 0 Å². The van der Waals surface area contributed by atoms with Gasteiger partial charge in [-0.3, -0.25) is 4.79 Å². The molecule has 0 bridgehead atoms. The lowest BCUT2D eigenvalue weighted by molar-refractivity contribution is -0.152. The van der Waals surface area contributed by atoms with Crippen molar-refractivity contribution in [2.45, 2.75) is 33.2 Å². The molecule has 0 amide bonds. The van der Waals surface area contributed by atoms with Crippen molar-refractivity contribution in [2.24, 2.45) is 11.1 Å². The van der Waals surface area contributed by atoms with Crippen molar-refractivity contribution in [2.75, 3.05) is 20.8 Å². The van der Waals surface area contributed by atoms with E-state index in [-0.39, 0.29) is 18.6 Å².